The fraction of sp³-hybridized carbons (Fsp3) is 0.0714. The van der Waals surface area contributed by atoms with Crippen molar-refractivity contribution in [1.82, 2.24) is 0 Å². The summed E-state index contributed by atoms with van der Waals surface area (Å²) >= 11 is 11.8. The fourth-order valence-corrected chi connectivity index (χ4v) is 2.16. The zero-order valence-corrected chi connectivity index (χ0v) is 11.9. The molecule has 2 aromatic carbocycles. The second kappa shape index (κ2) is 6.50. The van der Waals surface area contributed by atoms with Gasteiger partial charge in [0.05, 0.1) is 5.02 Å². The molecule has 104 valence electrons. The highest BCUT2D eigenvalue weighted by atomic mass is 35.5. The van der Waals surface area contributed by atoms with Gasteiger partial charge in [0, 0.05) is 16.1 Å². The topological polar surface area (TPSA) is 67.8 Å². The predicted octanol–water partition coefficient (Wildman–Crippen LogP) is 3.67. The second-order valence-electron chi connectivity index (χ2n) is 4.01. The molecule has 0 radical (unpaired) electrons. The Morgan fingerprint density at radius 3 is 2.65 bits per heavy atom. The van der Waals surface area contributed by atoms with E-state index in [9.17, 15) is 0 Å². The standard InChI is InChI=1S/C14H12Cl2N2O2/c15-10-5-6-13(12(16)7-10)20-8-9-3-1-2-4-11(9)14(17)18-19/h1-7,19H,8H2,(H2,17,18). The number of halogens is 2. The molecular weight excluding hydrogens is 299 g/mol. The lowest BCUT2D eigenvalue weighted by Crippen LogP contribution is -2.16. The first kappa shape index (κ1) is 14.5. The molecule has 2 aromatic rings. The van der Waals surface area contributed by atoms with Crippen molar-refractivity contribution in [3.63, 3.8) is 0 Å². The first-order valence-corrected chi connectivity index (χ1v) is 6.51. The monoisotopic (exact) mass is 310 g/mol. The molecule has 4 nitrogen and oxygen atoms in total. The average Bonchev–Trinajstić information content (AvgIpc) is 2.46. The number of benzene rings is 2. The number of hydrogen-bond acceptors (Lipinski definition) is 3. The van der Waals surface area contributed by atoms with E-state index in [4.69, 9.17) is 38.9 Å². The summed E-state index contributed by atoms with van der Waals surface area (Å²) in [6.07, 6.45) is 0. The highest BCUT2D eigenvalue weighted by molar-refractivity contribution is 6.35. The minimum absolute atomic E-state index is 0.0337. The third-order valence-electron chi connectivity index (χ3n) is 2.68. The van der Waals surface area contributed by atoms with E-state index in [1.807, 2.05) is 12.1 Å². The van der Waals surface area contributed by atoms with Crippen LogP contribution in [0.1, 0.15) is 11.1 Å². The van der Waals surface area contributed by atoms with Crippen LogP contribution >= 0.6 is 23.2 Å². The Bertz CT molecular complexity index is 645. The lowest BCUT2D eigenvalue weighted by atomic mass is 10.1. The molecule has 0 unspecified atom stereocenters. The third-order valence-corrected chi connectivity index (χ3v) is 3.21. The van der Waals surface area contributed by atoms with Crippen LogP contribution in [-0.2, 0) is 6.61 Å². The van der Waals surface area contributed by atoms with Crippen LogP contribution in [0.4, 0.5) is 0 Å². The van der Waals surface area contributed by atoms with E-state index in [-0.39, 0.29) is 12.4 Å². The Morgan fingerprint density at radius 1 is 1.20 bits per heavy atom. The molecule has 0 aromatic heterocycles. The summed E-state index contributed by atoms with van der Waals surface area (Å²) in [5.74, 6) is 0.553. The molecule has 6 heteroatoms. The van der Waals surface area contributed by atoms with Crippen molar-refractivity contribution < 1.29 is 9.94 Å². The molecule has 0 aliphatic carbocycles. The molecular formula is C14H12Cl2N2O2. The van der Waals surface area contributed by atoms with Crippen LogP contribution in [-0.4, -0.2) is 11.0 Å². The number of hydrogen-bond donors (Lipinski definition) is 2. The van der Waals surface area contributed by atoms with Crippen LogP contribution in [0, 0.1) is 0 Å². The first-order valence-electron chi connectivity index (χ1n) is 5.75. The van der Waals surface area contributed by atoms with Crippen molar-refractivity contribution in [3.8, 4) is 5.75 Å². The average molecular weight is 311 g/mol. The van der Waals surface area contributed by atoms with Gasteiger partial charge in [-0.1, -0.05) is 52.6 Å². The summed E-state index contributed by atoms with van der Waals surface area (Å²) in [6, 6.07) is 12.2. The minimum atomic E-state index is 0.0337. The second-order valence-corrected chi connectivity index (χ2v) is 4.85. The van der Waals surface area contributed by atoms with Gasteiger partial charge < -0.3 is 15.7 Å². The van der Waals surface area contributed by atoms with Crippen molar-refractivity contribution in [2.24, 2.45) is 10.9 Å². The van der Waals surface area contributed by atoms with Crippen molar-refractivity contribution in [2.45, 2.75) is 6.61 Å². The van der Waals surface area contributed by atoms with Gasteiger partial charge in [0.15, 0.2) is 5.84 Å². The van der Waals surface area contributed by atoms with E-state index < -0.39 is 0 Å². The number of amidine groups is 1. The maximum atomic E-state index is 8.76. The lowest BCUT2D eigenvalue weighted by molar-refractivity contribution is 0.305. The van der Waals surface area contributed by atoms with Crippen molar-refractivity contribution in [3.05, 3.63) is 63.6 Å². The molecule has 0 amide bonds. The largest absolute Gasteiger partial charge is 0.487 e. The van der Waals surface area contributed by atoms with Gasteiger partial charge in [0.2, 0.25) is 0 Å². The van der Waals surface area contributed by atoms with Crippen LogP contribution < -0.4 is 10.5 Å². The molecule has 0 aliphatic rings. The molecule has 0 fully saturated rings. The Hall–Kier alpha value is -1.91. The first-order chi connectivity index (χ1) is 9.61. The number of ether oxygens (including phenoxy) is 1. The quantitative estimate of drug-likeness (QED) is 0.392. The lowest BCUT2D eigenvalue weighted by Gasteiger charge is -2.11. The normalized spacial score (nSPS) is 11.4. The summed E-state index contributed by atoms with van der Waals surface area (Å²) in [5.41, 5.74) is 7.01. The minimum Gasteiger partial charge on any atom is -0.487 e. The van der Waals surface area contributed by atoms with Gasteiger partial charge in [-0.3, -0.25) is 0 Å². The molecule has 0 heterocycles. The van der Waals surface area contributed by atoms with Gasteiger partial charge in [-0.15, -0.1) is 0 Å². The maximum absolute atomic E-state index is 8.76. The Labute approximate surface area is 126 Å². The summed E-state index contributed by atoms with van der Waals surface area (Å²) in [4.78, 5) is 0. The molecule has 20 heavy (non-hydrogen) atoms. The summed E-state index contributed by atoms with van der Waals surface area (Å²) in [5, 5.41) is 12.7. The van der Waals surface area contributed by atoms with Gasteiger partial charge in [-0.2, -0.15) is 0 Å². The molecule has 0 saturated heterocycles. The van der Waals surface area contributed by atoms with E-state index >= 15 is 0 Å². The van der Waals surface area contributed by atoms with Crippen LogP contribution in [0.3, 0.4) is 0 Å². The van der Waals surface area contributed by atoms with Gasteiger partial charge >= 0.3 is 0 Å². The number of rotatable bonds is 4. The van der Waals surface area contributed by atoms with Gasteiger partial charge in [0.1, 0.15) is 12.4 Å². The molecule has 2 rings (SSSR count). The Balaban J connectivity index is 2.19. The zero-order valence-electron chi connectivity index (χ0n) is 10.4. The Morgan fingerprint density at radius 2 is 1.95 bits per heavy atom. The zero-order chi connectivity index (χ0) is 14.5. The predicted molar refractivity (Wildman–Crippen MR) is 79.7 cm³/mol. The molecule has 0 atom stereocenters. The number of nitrogens with two attached hydrogens (primary N) is 1. The van der Waals surface area contributed by atoms with Gasteiger partial charge in [-0.25, -0.2) is 0 Å². The van der Waals surface area contributed by atoms with Crippen molar-refractivity contribution >= 4 is 29.0 Å². The molecule has 0 aliphatic heterocycles. The summed E-state index contributed by atoms with van der Waals surface area (Å²) < 4.78 is 5.63. The van der Waals surface area contributed by atoms with Crippen LogP contribution in [0.2, 0.25) is 10.0 Å². The van der Waals surface area contributed by atoms with Crippen molar-refractivity contribution in [1.29, 1.82) is 0 Å². The van der Waals surface area contributed by atoms with Crippen molar-refractivity contribution in [2.75, 3.05) is 0 Å². The maximum Gasteiger partial charge on any atom is 0.170 e. The third kappa shape index (κ3) is 3.35. The summed E-state index contributed by atoms with van der Waals surface area (Å²) in [6.45, 7) is 0.244. The van der Waals surface area contributed by atoms with E-state index in [1.165, 1.54) is 0 Å². The number of nitrogens with zero attached hydrogens (tertiary/aromatic N) is 1. The molecule has 0 saturated carbocycles. The summed E-state index contributed by atoms with van der Waals surface area (Å²) in [7, 11) is 0. The van der Waals surface area contributed by atoms with Gasteiger partial charge in [0.25, 0.3) is 0 Å². The van der Waals surface area contributed by atoms with Crippen LogP contribution in [0.15, 0.2) is 47.6 Å². The smallest absolute Gasteiger partial charge is 0.170 e. The van der Waals surface area contributed by atoms with Gasteiger partial charge in [-0.05, 0) is 18.2 Å². The fourth-order valence-electron chi connectivity index (χ4n) is 1.70. The molecule has 3 N–H and O–H groups in total. The van der Waals surface area contributed by atoms with Crippen LogP contribution in [0.5, 0.6) is 5.75 Å². The Kier molecular flexibility index (Phi) is 4.71. The van der Waals surface area contributed by atoms with E-state index in [0.717, 1.165) is 5.56 Å². The highest BCUT2D eigenvalue weighted by Crippen LogP contribution is 2.28. The molecule has 0 bridgehead atoms. The number of oxime groups is 1. The SMILES string of the molecule is N/C(=N\O)c1ccccc1COc1ccc(Cl)cc1Cl. The van der Waals surface area contributed by atoms with Crippen LogP contribution in [0.25, 0.3) is 0 Å². The van der Waals surface area contributed by atoms with E-state index in [2.05, 4.69) is 5.16 Å². The van der Waals surface area contributed by atoms with E-state index in [1.54, 1.807) is 30.3 Å². The highest BCUT2D eigenvalue weighted by Gasteiger charge is 2.08. The molecule has 0 spiro atoms. The van der Waals surface area contributed by atoms with E-state index in [0.29, 0.717) is 21.4 Å².